The van der Waals surface area contributed by atoms with Gasteiger partial charge in [0.25, 0.3) is 0 Å². The van der Waals surface area contributed by atoms with Crippen LogP contribution in [-0.4, -0.2) is 36.8 Å². The number of carbonyl (C=O) groups excluding carboxylic acids is 1. The smallest absolute Gasteiger partial charge is 0.305 e. The second kappa shape index (κ2) is 13.9. The van der Waals surface area contributed by atoms with E-state index in [1.807, 2.05) is 20.8 Å². The minimum absolute atomic E-state index is 0. The summed E-state index contributed by atoms with van der Waals surface area (Å²) in [4.78, 5) is 15.9. The zero-order valence-electron chi connectivity index (χ0n) is 15.7. The van der Waals surface area contributed by atoms with Crippen LogP contribution in [0.4, 0.5) is 0 Å². The molecule has 25 heavy (non-hydrogen) atoms. The number of aryl methyl sites for hydroxylation is 2. The van der Waals surface area contributed by atoms with Crippen LogP contribution in [0.25, 0.3) is 0 Å². The predicted octanol–water partition coefficient (Wildman–Crippen LogP) is 2.82. The molecule has 1 aromatic heterocycles. The minimum atomic E-state index is -0.161. The van der Waals surface area contributed by atoms with E-state index in [1.54, 1.807) is 0 Å². The van der Waals surface area contributed by atoms with E-state index in [0.29, 0.717) is 32.5 Å². The molecule has 1 rings (SSSR count). The Labute approximate surface area is 167 Å². The number of rotatable bonds is 10. The molecule has 7 nitrogen and oxygen atoms in total. The van der Waals surface area contributed by atoms with E-state index in [2.05, 4.69) is 27.7 Å². The van der Waals surface area contributed by atoms with Crippen molar-refractivity contribution < 1.29 is 14.1 Å². The second-order valence-corrected chi connectivity index (χ2v) is 5.27. The van der Waals surface area contributed by atoms with Crippen LogP contribution in [0.15, 0.2) is 9.52 Å². The third-order valence-corrected chi connectivity index (χ3v) is 3.50. The van der Waals surface area contributed by atoms with Crippen molar-refractivity contribution in [2.45, 2.75) is 59.9 Å². The Hall–Kier alpha value is -1.32. The summed E-state index contributed by atoms with van der Waals surface area (Å²) in [6, 6.07) is 0. The Kier molecular flexibility index (Phi) is 13.2. The highest BCUT2D eigenvalue weighted by molar-refractivity contribution is 14.0. The van der Waals surface area contributed by atoms with Gasteiger partial charge in [-0.2, -0.15) is 0 Å². The average Bonchev–Trinajstić information content (AvgIpc) is 2.98. The summed E-state index contributed by atoms with van der Waals surface area (Å²) >= 11 is 0. The first-order valence-electron chi connectivity index (χ1n) is 8.80. The van der Waals surface area contributed by atoms with Crippen molar-refractivity contribution >= 4 is 35.9 Å². The fraction of sp³-hybridized carbons (Fsp3) is 0.706. The lowest BCUT2D eigenvalue weighted by Gasteiger charge is -2.11. The molecule has 0 atom stereocenters. The van der Waals surface area contributed by atoms with Crippen molar-refractivity contribution in [2.24, 2.45) is 4.99 Å². The van der Waals surface area contributed by atoms with Crippen LogP contribution in [-0.2, 0) is 28.9 Å². The van der Waals surface area contributed by atoms with Crippen molar-refractivity contribution in [3.05, 3.63) is 17.0 Å². The number of ether oxygens (including phenoxy) is 1. The molecule has 0 aromatic carbocycles. The third-order valence-electron chi connectivity index (χ3n) is 3.50. The molecule has 0 unspecified atom stereocenters. The van der Waals surface area contributed by atoms with E-state index >= 15 is 0 Å². The molecule has 144 valence electrons. The zero-order chi connectivity index (χ0) is 17.8. The summed E-state index contributed by atoms with van der Waals surface area (Å²) in [6.07, 6.45) is 2.75. The monoisotopic (exact) mass is 466 g/mol. The van der Waals surface area contributed by atoms with E-state index in [-0.39, 0.29) is 29.9 Å². The van der Waals surface area contributed by atoms with Gasteiger partial charge in [-0.1, -0.05) is 19.0 Å². The Morgan fingerprint density at radius 1 is 1.20 bits per heavy atom. The molecule has 0 bridgehead atoms. The summed E-state index contributed by atoms with van der Waals surface area (Å²) in [5.41, 5.74) is 2.04. The summed E-state index contributed by atoms with van der Waals surface area (Å²) in [5.74, 6) is 1.46. The first kappa shape index (κ1) is 23.7. The Morgan fingerprint density at radius 3 is 2.56 bits per heavy atom. The molecular weight excluding hydrogens is 435 g/mol. The Balaban J connectivity index is 0.00000576. The largest absolute Gasteiger partial charge is 0.466 e. The minimum Gasteiger partial charge on any atom is -0.466 e. The van der Waals surface area contributed by atoms with E-state index in [1.165, 1.54) is 0 Å². The van der Waals surface area contributed by atoms with E-state index in [9.17, 15) is 4.79 Å². The van der Waals surface area contributed by atoms with Gasteiger partial charge in [-0.3, -0.25) is 4.79 Å². The number of guanidine groups is 1. The van der Waals surface area contributed by atoms with Crippen molar-refractivity contribution in [3.8, 4) is 0 Å². The van der Waals surface area contributed by atoms with Gasteiger partial charge in [0.15, 0.2) is 5.96 Å². The first-order valence-corrected chi connectivity index (χ1v) is 8.80. The van der Waals surface area contributed by atoms with Crippen LogP contribution in [0, 0.1) is 0 Å². The molecule has 8 heteroatoms. The van der Waals surface area contributed by atoms with Crippen LogP contribution in [0.1, 0.15) is 57.6 Å². The maximum Gasteiger partial charge on any atom is 0.305 e. The SMILES string of the molecule is CCNC(=NCc1c(CC)noc1CC)NCCCC(=O)OCC.I. The standard InChI is InChI=1S/C17H30N4O3.HI/c1-5-14-13(15(6-2)24-21-14)12-20-17(18-7-3)19-11-9-10-16(22)23-8-4;/h5-12H2,1-4H3,(H2,18,19,20);1H. The van der Waals surface area contributed by atoms with Gasteiger partial charge in [-0.25, -0.2) is 4.99 Å². The van der Waals surface area contributed by atoms with Crippen LogP contribution < -0.4 is 10.6 Å². The fourth-order valence-corrected chi connectivity index (χ4v) is 2.29. The van der Waals surface area contributed by atoms with Gasteiger partial charge < -0.3 is 19.9 Å². The summed E-state index contributed by atoms with van der Waals surface area (Å²) < 4.78 is 10.3. The predicted molar refractivity (Wildman–Crippen MR) is 109 cm³/mol. The average molecular weight is 466 g/mol. The highest BCUT2D eigenvalue weighted by atomic mass is 127. The topological polar surface area (TPSA) is 88.8 Å². The molecule has 0 spiro atoms. The molecule has 2 N–H and O–H groups in total. The fourth-order valence-electron chi connectivity index (χ4n) is 2.29. The molecule has 0 saturated heterocycles. The van der Waals surface area contributed by atoms with Gasteiger partial charge in [0, 0.05) is 31.5 Å². The number of aromatic nitrogens is 1. The number of hydrogen-bond donors (Lipinski definition) is 2. The number of esters is 1. The number of halogens is 1. The molecule has 1 heterocycles. The molecule has 0 fully saturated rings. The molecule has 0 aliphatic heterocycles. The van der Waals surface area contributed by atoms with Crippen LogP contribution in [0.5, 0.6) is 0 Å². The lowest BCUT2D eigenvalue weighted by molar-refractivity contribution is -0.143. The molecule has 0 saturated carbocycles. The molecule has 0 aliphatic carbocycles. The molecule has 0 amide bonds. The molecule has 1 aromatic rings. The number of aliphatic imine (C=N–C) groups is 1. The maximum atomic E-state index is 11.3. The van der Waals surface area contributed by atoms with Crippen LogP contribution in [0.2, 0.25) is 0 Å². The molecule has 0 radical (unpaired) electrons. The van der Waals surface area contributed by atoms with E-state index in [0.717, 1.165) is 42.4 Å². The summed E-state index contributed by atoms with van der Waals surface area (Å²) in [5, 5.41) is 10.5. The number of nitrogens with zero attached hydrogens (tertiary/aromatic N) is 2. The lowest BCUT2D eigenvalue weighted by Crippen LogP contribution is -2.37. The van der Waals surface area contributed by atoms with E-state index < -0.39 is 0 Å². The van der Waals surface area contributed by atoms with Gasteiger partial charge in [-0.15, -0.1) is 24.0 Å². The summed E-state index contributed by atoms with van der Waals surface area (Å²) in [7, 11) is 0. The normalized spacial score (nSPS) is 11.0. The van der Waals surface area contributed by atoms with Crippen LogP contribution >= 0.6 is 24.0 Å². The Morgan fingerprint density at radius 2 is 1.96 bits per heavy atom. The first-order chi connectivity index (χ1) is 11.7. The third kappa shape index (κ3) is 8.55. The lowest BCUT2D eigenvalue weighted by atomic mass is 10.1. The molecular formula is C17H31IN4O3. The highest BCUT2D eigenvalue weighted by Crippen LogP contribution is 2.16. The summed E-state index contributed by atoms with van der Waals surface area (Å²) in [6.45, 7) is 10.3. The number of nitrogens with one attached hydrogen (secondary N) is 2. The van der Waals surface area contributed by atoms with Gasteiger partial charge >= 0.3 is 5.97 Å². The molecule has 0 aliphatic rings. The zero-order valence-corrected chi connectivity index (χ0v) is 18.0. The van der Waals surface area contributed by atoms with Gasteiger partial charge in [0.2, 0.25) is 0 Å². The van der Waals surface area contributed by atoms with E-state index in [4.69, 9.17) is 9.26 Å². The quantitative estimate of drug-likeness (QED) is 0.181. The van der Waals surface area contributed by atoms with Gasteiger partial charge in [-0.05, 0) is 26.7 Å². The second-order valence-electron chi connectivity index (χ2n) is 5.27. The van der Waals surface area contributed by atoms with Crippen molar-refractivity contribution in [2.75, 3.05) is 19.7 Å². The van der Waals surface area contributed by atoms with Crippen molar-refractivity contribution in [1.82, 2.24) is 15.8 Å². The van der Waals surface area contributed by atoms with Crippen molar-refractivity contribution in [1.29, 1.82) is 0 Å². The van der Waals surface area contributed by atoms with Crippen LogP contribution in [0.3, 0.4) is 0 Å². The Bertz CT molecular complexity index is 510. The number of hydrogen-bond acceptors (Lipinski definition) is 5. The number of carbonyl (C=O) groups is 1. The van der Waals surface area contributed by atoms with Gasteiger partial charge in [0.1, 0.15) is 5.76 Å². The van der Waals surface area contributed by atoms with Gasteiger partial charge in [0.05, 0.1) is 18.8 Å². The van der Waals surface area contributed by atoms with Crippen molar-refractivity contribution in [3.63, 3.8) is 0 Å². The highest BCUT2D eigenvalue weighted by Gasteiger charge is 2.13. The maximum absolute atomic E-state index is 11.3.